The number of hydrogen-bond donors (Lipinski definition) is 2. The Morgan fingerprint density at radius 2 is 1.92 bits per heavy atom. The summed E-state index contributed by atoms with van der Waals surface area (Å²) in [5.41, 5.74) is 9.88. The molecular weight excluding hydrogens is 456 g/mol. The zero-order chi connectivity index (χ0) is 24.9. The Morgan fingerprint density at radius 3 is 2.72 bits per heavy atom. The molecule has 2 aromatic carbocycles. The minimum absolute atomic E-state index is 0.0181. The standard InChI is InChI=1S/C27H32N6O3/c1-19-30-24-25(33(19)12-6-5-11-29-27(34)32-13-15-35-16-14-32)22-17-21(9-10-23(22)31-26(24)28)36-18-20-7-3-2-4-8-20/h2-4,7-10,17H,5-6,11-16,18H2,1H3,(H2,28,31)(H,29,34). The number of nitrogens with one attached hydrogen (secondary N) is 1. The molecule has 0 bridgehead atoms. The Bertz CT molecular complexity index is 1350. The van der Waals surface area contributed by atoms with Crippen LogP contribution in [0.5, 0.6) is 5.75 Å². The lowest BCUT2D eigenvalue weighted by Gasteiger charge is -2.26. The van der Waals surface area contributed by atoms with Crippen molar-refractivity contribution in [1.29, 1.82) is 0 Å². The summed E-state index contributed by atoms with van der Waals surface area (Å²) in [4.78, 5) is 23.4. The number of aryl methyl sites for hydroxylation is 2. The largest absolute Gasteiger partial charge is 0.489 e. The van der Waals surface area contributed by atoms with Crippen LogP contribution in [0.1, 0.15) is 24.2 Å². The van der Waals surface area contributed by atoms with E-state index in [1.54, 1.807) is 4.90 Å². The lowest BCUT2D eigenvalue weighted by atomic mass is 10.1. The Labute approximate surface area is 210 Å². The zero-order valence-electron chi connectivity index (χ0n) is 20.6. The first-order valence-corrected chi connectivity index (χ1v) is 12.4. The Morgan fingerprint density at radius 1 is 1.11 bits per heavy atom. The number of nitrogens with zero attached hydrogens (tertiary/aromatic N) is 4. The number of anilines is 1. The summed E-state index contributed by atoms with van der Waals surface area (Å²) in [7, 11) is 0. The molecule has 36 heavy (non-hydrogen) atoms. The van der Waals surface area contributed by atoms with Crippen molar-refractivity contribution in [3.8, 4) is 5.75 Å². The monoisotopic (exact) mass is 488 g/mol. The van der Waals surface area contributed by atoms with Gasteiger partial charge in [0.25, 0.3) is 0 Å². The van der Waals surface area contributed by atoms with Crippen LogP contribution < -0.4 is 15.8 Å². The van der Waals surface area contributed by atoms with Gasteiger partial charge >= 0.3 is 6.03 Å². The molecule has 4 aromatic rings. The molecule has 188 valence electrons. The van der Waals surface area contributed by atoms with Gasteiger partial charge in [0.1, 0.15) is 23.7 Å². The molecule has 2 amide bonds. The maximum absolute atomic E-state index is 12.3. The topological polar surface area (TPSA) is 108 Å². The van der Waals surface area contributed by atoms with Crippen LogP contribution in [-0.4, -0.2) is 58.3 Å². The van der Waals surface area contributed by atoms with E-state index in [2.05, 4.69) is 14.9 Å². The summed E-state index contributed by atoms with van der Waals surface area (Å²) >= 11 is 0. The molecule has 1 fully saturated rings. The van der Waals surface area contributed by atoms with Crippen LogP contribution in [0.2, 0.25) is 0 Å². The number of fused-ring (bicyclic) bond motifs is 3. The van der Waals surface area contributed by atoms with Crippen molar-refractivity contribution >= 4 is 33.8 Å². The predicted octanol–water partition coefficient (Wildman–Crippen LogP) is 3.88. The second-order valence-corrected chi connectivity index (χ2v) is 9.00. The third-order valence-electron chi connectivity index (χ3n) is 6.50. The molecule has 0 spiro atoms. The molecule has 1 aliphatic heterocycles. The predicted molar refractivity (Wildman–Crippen MR) is 140 cm³/mol. The third-order valence-corrected chi connectivity index (χ3v) is 6.50. The number of benzene rings is 2. The molecule has 1 saturated heterocycles. The van der Waals surface area contributed by atoms with Gasteiger partial charge in [0.15, 0.2) is 5.82 Å². The van der Waals surface area contributed by atoms with Gasteiger partial charge in [-0.25, -0.2) is 14.8 Å². The lowest BCUT2D eigenvalue weighted by molar-refractivity contribution is 0.0532. The number of urea groups is 1. The van der Waals surface area contributed by atoms with Crippen LogP contribution in [0.15, 0.2) is 48.5 Å². The van der Waals surface area contributed by atoms with Gasteiger partial charge in [-0.1, -0.05) is 30.3 Å². The number of rotatable bonds is 8. The number of carbonyl (C=O) groups excluding carboxylic acids is 1. The fraction of sp³-hybridized carbons (Fsp3) is 0.370. The maximum atomic E-state index is 12.3. The second kappa shape index (κ2) is 10.8. The van der Waals surface area contributed by atoms with Crippen molar-refractivity contribution in [2.75, 3.05) is 38.6 Å². The lowest BCUT2D eigenvalue weighted by Crippen LogP contribution is -2.46. The fourth-order valence-electron chi connectivity index (χ4n) is 4.57. The van der Waals surface area contributed by atoms with Crippen molar-refractivity contribution in [3.63, 3.8) is 0 Å². The number of imidazole rings is 1. The minimum atomic E-state index is -0.0181. The number of morpholine rings is 1. The molecule has 0 atom stereocenters. The normalized spacial score (nSPS) is 13.9. The number of pyridine rings is 1. The number of amides is 2. The van der Waals surface area contributed by atoms with Crippen LogP contribution in [0.25, 0.3) is 21.9 Å². The summed E-state index contributed by atoms with van der Waals surface area (Å²) in [5.74, 6) is 2.09. The first kappa shape index (κ1) is 23.9. The van der Waals surface area contributed by atoms with Crippen LogP contribution >= 0.6 is 0 Å². The van der Waals surface area contributed by atoms with E-state index in [4.69, 9.17) is 20.2 Å². The molecule has 0 radical (unpaired) electrons. The van der Waals surface area contributed by atoms with Crippen molar-refractivity contribution in [1.82, 2.24) is 24.8 Å². The van der Waals surface area contributed by atoms with Crippen molar-refractivity contribution < 1.29 is 14.3 Å². The SMILES string of the molecule is Cc1nc2c(N)nc3ccc(OCc4ccccc4)cc3c2n1CCCCNC(=O)N1CCOCC1. The minimum Gasteiger partial charge on any atom is -0.489 e. The maximum Gasteiger partial charge on any atom is 0.317 e. The number of nitrogen functional groups attached to an aromatic ring is 1. The van der Waals surface area contributed by atoms with Gasteiger partial charge in [-0.05, 0) is 43.5 Å². The number of carbonyl (C=O) groups is 1. The highest BCUT2D eigenvalue weighted by Crippen LogP contribution is 2.31. The van der Waals surface area contributed by atoms with E-state index < -0.39 is 0 Å². The Hall–Kier alpha value is -3.85. The highest BCUT2D eigenvalue weighted by atomic mass is 16.5. The number of hydrogen-bond acceptors (Lipinski definition) is 6. The molecule has 0 saturated carbocycles. The molecule has 3 heterocycles. The molecule has 9 nitrogen and oxygen atoms in total. The smallest absolute Gasteiger partial charge is 0.317 e. The zero-order valence-corrected chi connectivity index (χ0v) is 20.6. The number of ether oxygens (including phenoxy) is 2. The van der Waals surface area contributed by atoms with E-state index >= 15 is 0 Å². The first-order valence-electron chi connectivity index (χ1n) is 12.4. The number of aromatic nitrogens is 3. The quantitative estimate of drug-likeness (QED) is 0.365. The number of unbranched alkanes of at least 4 members (excludes halogenated alkanes) is 1. The van der Waals surface area contributed by atoms with Crippen LogP contribution in [0, 0.1) is 6.92 Å². The second-order valence-electron chi connectivity index (χ2n) is 9.00. The third kappa shape index (κ3) is 5.21. The molecular formula is C27H32N6O3. The summed E-state index contributed by atoms with van der Waals surface area (Å²) in [6, 6.07) is 16.0. The molecule has 9 heteroatoms. The van der Waals surface area contributed by atoms with Crippen LogP contribution in [-0.2, 0) is 17.9 Å². The van der Waals surface area contributed by atoms with E-state index in [1.807, 2.05) is 55.5 Å². The molecule has 1 aliphatic rings. The Kier molecular flexibility index (Phi) is 7.18. The summed E-state index contributed by atoms with van der Waals surface area (Å²) in [6.07, 6.45) is 1.75. The Balaban J connectivity index is 1.29. The van der Waals surface area contributed by atoms with E-state index in [1.165, 1.54) is 0 Å². The average molecular weight is 489 g/mol. The van der Waals surface area contributed by atoms with Gasteiger partial charge in [-0.3, -0.25) is 0 Å². The molecule has 0 aliphatic carbocycles. The van der Waals surface area contributed by atoms with Gasteiger partial charge in [-0.15, -0.1) is 0 Å². The summed E-state index contributed by atoms with van der Waals surface area (Å²) in [6.45, 7) is 6.37. The highest BCUT2D eigenvalue weighted by Gasteiger charge is 2.17. The highest BCUT2D eigenvalue weighted by molar-refractivity contribution is 6.07. The van der Waals surface area contributed by atoms with Crippen molar-refractivity contribution in [2.45, 2.75) is 32.9 Å². The molecule has 2 aromatic heterocycles. The molecule has 3 N–H and O–H groups in total. The summed E-state index contributed by atoms with van der Waals surface area (Å²) in [5, 5.41) is 3.98. The molecule has 5 rings (SSSR count). The van der Waals surface area contributed by atoms with Crippen molar-refractivity contribution in [3.05, 3.63) is 59.9 Å². The van der Waals surface area contributed by atoms with Crippen LogP contribution in [0.4, 0.5) is 10.6 Å². The van der Waals surface area contributed by atoms with Crippen molar-refractivity contribution in [2.24, 2.45) is 0 Å². The van der Waals surface area contributed by atoms with Crippen LogP contribution in [0.3, 0.4) is 0 Å². The summed E-state index contributed by atoms with van der Waals surface area (Å²) < 4.78 is 13.6. The van der Waals surface area contributed by atoms with Gasteiger partial charge in [0.2, 0.25) is 0 Å². The first-order chi connectivity index (χ1) is 17.6. The van der Waals surface area contributed by atoms with E-state index in [0.29, 0.717) is 50.8 Å². The van der Waals surface area contributed by atoms with Gasteiger partial charge in [-0.2, -0.15) is 0 Å². The van der Waals surface area contributed by atoms with E-state index in [9.17, 15) is 4.79 Å². The fourth-order valence-corrected chi connectivity index (χ4v) is 4.57. The van der Waals surface area contributed by atoms with Gasteiger partial charge in [0, 0.05) is 31.6 Å². The number of nitrogens with two attached hydrogens (primary N) is 1. The van der Waals surface area contributed by atoms with Gasteiger partial charge in [0.05, 0.1) is 24.2 Å². The van der Waals surface area contributed by atoms with E-state index in [-0.39, 0.29) is 6.03 Å². The average Bonchev–Trinajstić information content (AvgIpc) is 3.25. The molecule has 0 unspecified atom stereocenters. The van der Waals surface area contributed by atoms with Gasteiger partial charge < -0.3 is 30.0 Å². The van der Waals surface area contributed by atoms with E-state index in [0.717, 1.165) is 52.9 Å².